The third-order valence-corrected chi connectivity index (χ3v) is 3.42. The fourth-order valence-corrected chi connectivity index (χ4v) is 1.98. The van der Waals surface area contributed by atoms with Gasteiger partial charge in [-0.2, -0.15) is 0 Å². The Morgan fingerprint density at radius 1 is 1.47 bits per heavy atom. The van der Waals surface area contributed by atoms with Gasteiger partial charge in [0.05, 0.1) is 0 Å². The van der Waals surface area contributed by atoms with E-state index < -0.39 is 17.6 Å². The molecule has 1 rings (SSSR count). The average Bonchev–Trinajstić information content (AvgIpc) is 2.23. The van der Waals surface area contributed by atoms with E-state index in [4.69, 9.17) is 9.84 Å². The Labute approximate surface area is 102 Å². The summed E-state index contributed by atoms with van der Waals surface area (Å²) in [6, 6.07) is -0.796. The number of unbranched alkanes of at least 4 members (excludes halogenated alkanes) is 1. The van der Waals surface area contributed by atoms with Crippen LogP contribution < -0.4 is 5.32 Å². The van der Waals surface area contributed by atoms with E-state index in [-0.39, 0.29) is 5.91 Å². The highest BCUT2D eigenvalue weighted by atomic mass is 16.5. The molecule has 0 aromatic rings. The maximum absolute atomic E-state index is 12.0. The highest BCUT2D eigenvalue weighted by Crippen LogP contribution is 2.35. The highest BCUT2D eigenvalue weighted by Gasteiger charge is 2.45. The van der Waals surface area contributed by atoms with Crippen molar-refractivity contribution in [2.24, 2.45) is 0 Å². The van der Waals surface area contributed by atoms with E-state index in [1.54, 1.807) is 0 Å². The lowest BCUT2D eigenvalue weighted by Crippen LogP contribution is -2.56. The van der Waals surface area contributed by atoms with Crippen LogP contribution in [-0.2, 0) is 14.3 Å². The molecule has 0 bridgehead atoms. The van der Waals surface area contributed by atoms with Gasteiger partial charge in [-0.3, -0.25) is 4.79 Å². The normalized spacial score (nSPS) is 19.2. The minimum absolute atomic E-state index is 0.283. The second-order valence-electron chi connectivity index (χ2n) is 4.56. The zero-order valence-electron chi connectivity index (χ0n) is 10.5. The Morgan fingerprint density at radius 2 is 2.12 bits per heavy atom. The van der Waals surface area contributed by atoms with Crippen molar-refractivity contribution in [1.82, 2.24) is 5.32 Å². The van der Waals surface area contributed by atoms with Crippen molar-refractivity contribution in [3.8, 4) is 0 Å². The van der Waals surface area contributed by atoms with Crippen molar-refractivity contribution in [2.75, 3.05) is 7.11 Å². The third kappa shape index (κ3) is 3.19. The molecule has 5 heteroatoms. The fraction of sp³-hybridized carbons (Fsp3) is 0.833. The predicted molar refractivity (Wildman–Crippen MR) is 62.7 cm³/mol. The molecule has 1 aliphatic carbocycles. The molecule has 0 aromatic heterocycles. The molecule has 0 radical (unpaired) electrons. The van der Waals surface area contributed by atoms with E-state index in [0.717, 1.165) is 19.3 Å². The van der Waals surface area contributed by atoms with Crippen LogP contribution in [-0.4, -0.2) is 35.7 Å². The smallest absolute Gasteiger partial charge is 0.326 e. The molecule has 1 fully saturated rings. The van der Waals surface area contributed by atoms with Crippen molar-refractivity contribution in [3.63, 3.8) is 0 Å². The molecule has 0 spiro atoms. The Hall–Kier alpha value is -1.10. The van der Waals surface area contributed by atoms with Crippen LogP contribution in [0.1, 0.15) is 45.4 Å². The second kappa shape index (κ2) is 6.00. The van der Waals surface area contributed by atoms with Crippen LogP contribution in [0.5, 0.6) is 0 Å². The van der Waals surface area contributed by atoms with Gasteiger partial charge in [0.25, 0.3) is 5.91 Å². The minimum Gasteiger partial charge on any atom is -0.480 e. The summed E-state index contributed by atoms with van der Waals surface area (Å²) in [5, 5.41) is 11.6. The van der Waals surface area contributed by atoms with Crippen LogP contribution >= 0.6 is 0 Å². The van der Waals surface area contributed by atoms with Crippen LogP contribution in [0, 0.1) is 0 Å². The number of carbonyl (C=O) groups is 2. The molecule has 0 aromatic carbocycles. The lowest BCUT2D eigenvalue weighted by Gasteiger charge is -2.39. The van der Waals surface area contributed by atoms with Gasteiger partial charge in [0.15, 0.2) is 0 Å². The molecular formula is C12H21NO4. The first-order valence-electron chi connectivity index (χ1n) is 6.14. The number of carboxylic acids is 1. The van der Waals surface area contributed by atoms with E-state index in [1.807, 2.05) is 6.92 Å². The summed E-state index contributed by atoms with van der Waals surface area (Å²) in [6.45, 7) is 1.99. The van der Waals surface area contributed by atoms with E-state index in [9.17, 15) is 9.59 Å². The van der Waals surface area contributed by atoms with Gasteiger partial charge in [-0.25, -0.2) is 4.79 Å². The van der Waals surface area contributed by atoms with Crippen molar-refractivity contribution in [2.45, 2.75) is 57.1 Å². The Morgan fingerprint density at radius 3 is 2.47 bits per heavy atom. The zero-order chi connectivity index (χ0) is 12.9. The van der Waals surface area contributed by atoms with Gasteiger partial charge in [0.2, 0.25) is 0 Å². The first-order chi connectivity index (χ1) is 8.05. The summed E-state index contributed by atoms with van der Waals surface area (Å²) in [7, 11) is 1.50. The van der Waals surface area contributed by atoms with Crippen molar-refractivity contribution in [3.05, 3.63) is 0 Å². The van der Waals surface area contributed by atoms with Gasteiger partial charge in [-0.05, 0) is 25.7 Å². The van der Waals surface area contributed by atoms with Crippen LogP contribution in [0.3, 0.4) is 0 Å². The molecule has 0 aliphatic heterocycles. The second-order valence-corrected chi connectivity index (χ2v) is 4.56. The maximum atomic E-state index is 12.0. The molecule has 98 valence electrons. The summed E-state index contributed by atoms with van der Waals surface area (Å²) in [6.07, 6.45) is 4.47. The lowest BCUT2D eigenvalue weighted by atomic mass is 9.79. The summed E-state index contributed by atoms with van der Waals surface area (Å²) in [5.41, 5.74) is -0.778. The summed E-state index contributed by atoms with van der Waals surface area (Å²) < 4.78 is 5.22. The standard InChI is InChI=1S/C12H21NO4/c1-3-4-6-9(10(14)15)13-11(16)12(17-2)7-5-8-12/h9H,3-8H2,1-2H3,(H,13,16)(H,14,15). The molecule has 5 nitrogen and oxygen atoms in total. The van der Waals surface area contributed by atoms with E-state index in [1.165, 1.54) is 7.11 Å². The summed E-state index contributed by atoms with van der Waals surface area (Å²) in [5.74, 6) is -1.26. The van der Waals surface area contributed by atoms with Gasteiger partial charge in [-0.15, -0.1) is 0 Å². The van der Waals surface area contributed by atoms with Gasteiger partial charge >= 0.3 is 5.97 Å². The van der Waals surface area contributed by atoms with Gasteiger partial charge in [0, 0.05) is 7.11 Å². The Balaban J connectivity index is 2.54. The molecule has 1 atom stereocenters. The third-order valence-electron chi connectivity index (χ3n) is 3.42. The molecule has 2 N–H and O–H groups in total. The number of rotatable bonds is 7. The number of methoxy groups -OCH3 is 1. The minimum atomic E-state index is -0.975. The average molecular weight is 243 g/mol. The van der Waals surface area contributed by atoms with Crippen LogP contribution in [0.4, 0.5) is 0 Å². The number of aliphatic carboxylic acids is 1. The number of carbonyl (C=O) groups excluding carboxylic acids is 1. The predicted octanol–water partition coefficient (Wildman–Crippen LogP) is 1.32. The molecule has 1 saturated carbocycles. The van der Waals surface area contributed by atoms with E-state index >= 15 is 0 Å². The lowest BCUT2D eigenvalue weighted by molar-refractivity contribution is -0.158. The number of ether oxygens (including phenoxy) is 1. The van der Waals surface area contributed by atoms with Crippen LogP contribution in [0.15, 0.2) is 0 Å². The van der Waals surface area contributed by atoms with Crippen molar-refractivity contribution < 1.29 is 19.4 Å². The summed E-state index contributed by atoms with van der Waals surface area (Å²) >= 11 is 0. The van der Waals surface area contributed by atoms with E-state index in [0.29, 0.717) is 19.3 Å². The van der Waals surface area contributed by atoms with Gasteiger partial charge < -0.3 is 15.2 Å². The fourth-order valence-electron chi connectivity index (χ4n) is 1.98. The molecule has 0 saturated heterocycles. The summed E-state index contributed by atoms with van der Waals surface area (Å²) in [4.78, 5) is 23.0. The molecular weight excluding hydrogens is 222 g/mol. The molecule has 17 heavy (non-hydrogen) atoms. The first kappa shape index (κ1) is 14.0. The number of nitrogens with one attached hydrogen (secondary N) is 1. The monoisotopic (exact) mass is 243 g/mol. The van der Waals surface area contributed by atoms with Crippen LogP contribution in [0.25, 0.3) is 0 Å². The Bertz CT molecular complexity index is 281. The largest absolute Gasteiger partial charge is 0.480 e. The first-order valence-corrected chi connectivity index (χ1v) is 6.14. The zero-order valence-corrected chi connectivity index (χ0v) is 10.5. The van der Waals surface area contributed by atoms with Crippen LogP contribution in [0.2, 0.25) is 0 Å². The quantitative estimate of drug-likeness (QED) is 0.707. The SMILES string of the molecule is CCCCC(NC(=O)C1(OC)CCC1)C(=O)O. The maximum Gasteiger partial charge on any atom is 0.326 e. The molecule has 1 amide bonds. The Kier molecular flexibility index (Phi) is 4.93. The molecule has 1 aliphatic rings. The van der Waals surface area contributed by atoms with Gasteiger partial charge in [0.1, 0.15) is 11.6 Å². The molecule has 0 heterocycles. The number of amides is 1. The van der Waals surface area contributed by atoms with Gasteiger partial charge in [-0.1, -0.05) is 19.8 Å². The highest BCUT2D eigenvalue weighted by molar-refractivity contribution is 5.90. The topological polar surface area (TPSA) is 75.6 Å². The number of hydrogen-bond acceptors (Lipinski definition) is 3. The van der Waals surface area contributed by atoms with E-state index in [2.05, 4.69) is 5.32 Å². The molecule has 1 unspecified atom stereocenters. The van der Waals surface area contributed by atoms with Crippen molar-refractivity contribution >= 4 is 11.9 Å². The number of carboxylic acid groups (broad SMARTS) is 1. The number of hydrogen-bond donors (Lipinski definition) is 2. The van der Waals surface area contributed by atoms with Crippen molar-refractivity contribution in [1.29, 1.82) is 0 Å².